The summed E-state index contributed by atoms with van der Waals surface area (Å²) in [5.74, 6) is 2.09. The largest absolute Gasteiger partial charge is 0.497 e. The molecule has 6 nitrogen and oxygen atoms in total. The Hall–Kier alpha value is -3.02. The number of benzene rings is 2. The van der Waals surface area contributed by atoms with E-state index in [0.29, 0.717) is 18.9 Å². The molecule has 0 aliphatic carbocycles. The van der Waals surface area contributed by atoms with Gasteiger partial charge in [0.05, 0.1) is 20.8 Å². The molecule has 0 saturated heterocycles. The fourth-order valence-corrected chi connectivity index (χ4v) is 3.90. The number of rotatable bonds is 7. The van der Waals surface area contributed by atoms with Crippen molar-refractivity contribution in [3.63, 3.8) is 0 Å². The lowest BCUT2D eigenvalue weighted by molar-refractivity contribution is -0.131. The number of amides is 1. The second kappa shape index (κ2) is 8.15. The van der Waals surface area contributed by atoms with Gasteiger partial charge in [0.2, 0.25) is 0 Å². The van der Waals surface area contributed by atoms with E-state index in [1.165, 1.54) is 0 Å². The van der Waals surface area contributed by atoms with E-state index in [1.807, 2.05) is 49.4 Å². The summed E-state index contributed by atoms with van der Waals surface area (Å²) in [6, 6.07) is 13.7. The van der Waals surface area contributed by atoms with E-state index in [-0.39, 0.29) is 11.9 Å². The Balaban J connectivity index is 1.88. The highest BCUT2D eigenvalue weighted by atomic mass is 16.5. The molecule has 154 valence electrons. The molecule has 0 saturated carbocycles. The molecule has 2 aromatic carbocycles. The first-order valence-corrected chi connectivity index (χ1v) is 9.76. The SMILES string of the molecule is COc1ccc(OC)c(-c2cccc(CN3C(=O)C(C)(CC(C)C)N=C3N)c2)c1. The number of nitrogens with two attached hydrogens (primary N) is 1. The molecule has 1 aliphatic rings. The normalized spacial score (nSPS) is 18.9. The van der Waals surface area contributed by atoms with Gasteiger partial charge in [-0.3, -0.25) is 9.69 Å². The van der Waals surface area contributed by atoms with E-state index >= 15 is 0 Å². The van der Waals surface area contributed by atoms with Crippen molar-refractivity contribution in [2.45, 2.75) is 39.3 Å². The molecule has 0 bridgehead atoms. The van der Waals surface area contributed by atoms with Crippen LogP contribution in [0.3, 0.4) is 0 Å². The summed E-state index contributed by atoms with van der Waals surface area (Å²) >= 11 is 0. The maximum absolute atomic E-state index is 13.0. The summed E-state index contributed by atoms with van der Waals surface area (Å²) in [6.07, 6.45) is 0.671. The number of aliphatic imine (C=N–C) groups is 1. The molecule has 1 amide bonds. The van der Waals surface area contributed by atoms with Crippen molar-refractivity contribution in [3.8, 4) is 22.6 Å². The molecule has 6 heteroatoms. The van der Waals surface area contributed by atoms with Gasteiger partial charge in [0.1, 0.15) is 17.0 Å². The van der Waals surface area contributed by atoms with Gasteiger partial charge in [-0.1, -0.05) is 32.0 Å². The zero-order valence-corrected chi connectivity index (χ0v) is 17.7. The third-order valence-electron chi connectivity index (χ3n) is 5.13. The first-order valence-electron chi connectivity index (χ1n) is 9.76. The van der Waals surface area contributed by atoms with Crippen molar-refractivity contribution in [2.24, 2.45) is 16.6 Å². The van der Waals surface area contributed by atoms with Crippen LogP contribution in [-0.4, -0.2) is 36.5 Å². The molecule has 2 aromatic rings. The lowest BCUT2D eigenvalue weighted by atomic mass is 9.91. The van der Waals surface area contributed by atoms with E-state index < -0.39 is 5.54 Å². The fourth-order valence-electron chi connectivity index (χ4n) is 3.90. The third kappa shape index (κ3) is 4.21. The average Bonchev–Trinajstić information content (AvgIpc) is 2.89. The van der Waals surface area contributed by atoms with Crippen molar-refractivity contribution in [2.75, 3.05) is 14.2 Å². The maximum atomic E-state index is 13.0. The van der Waals surface area contributed by atoms with Crippen LogP contribution in [-0.2, 0) is 11.3 Å². The van der Waals surface area contributed by atoms with Gasteiger partial charge in [-0.15, -0.1) is 0 Å². The van der Waals surface area contributed by atoms with Crippen LogP contribution in [0.25, 0.3) is 11.1 Å². The number of ether oxygens (including phenoxy) is 2. The molecule has 0 spiro atoms. The zero-order valence-electron chi connectivity index (χ0n) is 17.7. The predicted molar refractivity (Wildman–Crippen MR) is 115 cm³/mol. The number of nitrogens with zero attached hydrogens (tertiary/aromatic N) is 2. The minimum Gasteiger partial charge on any atom is -0.497 e. The topological polar surface area (TPSA) is 77.2 Å². The molecule has 0 aromatic heterocycles. The van der Waals surface area contributed by atoms with Crippen molar-refractivity contribution in [3.05, 3.63) is 48.0 Å². The van der Waals surface area contributed by atoms with Crippen LogP contribution >= 0.6 is 0 Å². The molecular formula is C23H29N3O3. The Morgan fingerprint density at radius 2 is 1.90 bits per heavy atom. The Morgan fingerprint density at radius 3 is 2.55 bits per heavy atom. The van der Waals surface area contributed by atoms with Gasteiger partial charge in [0, 0.05) is 5.56 Å². The molecule has 2 N–H and O–H groups in total. The molecule has 1 aliphatic heterocycles. The van der Waals surface area contributed by atoms with Crippen LogP contribution in [0.2, 0.25) is 0 Å². The minimum atomic E-state index is -0.786. The van der Waals surface area contributed by atoms with Gasteiger partial charge in [-0.05, 0) is 54.7 Å². The van der Waals surface area contributed by atoms with E-state index in [9.17, 15) is 4.79 Å². The molecule has 3 rings (SSSR count). The van der Waals surface area contributed by atoms with Crippen LogP contribution in [0, 0.1) is 5.92 Å². The van der Waals surface area contributed by atoms with Crippen LogP contribution in [0.4, 0.5) is 0 Å². The van der Waals surface area contributed by atoms with Crippen molar-refractivity contribution in [1.82, 2.24) is 4.90 Å². The number of hydrogen-bond donors (Lipinski definition) is 1. The predicted octanol–water partition coefficient (Wildman–Crippen LogP) is 3.83. The standard InChI is InChI=1S/C23H29N3O3/c1-15(2)13-23(3)21(27)26(22(24)25-23)14-16-7-6-8-17(11-16)19-12-18(28-4)9-10-20(19)29-5/h6-12,15H,13-14H2,1-5H3,(H2,24,25). The van der Waals surface area contributed by atoms with Gasteiger partial charge < -0.3 is 15.2 Å². The first-order chi connectivity index (χ1) is 13.8. The monoisotopic (exact) mass is 395 g/mol. The van der Waals surface area contributed by atoms with Gasteiger partial charge >= 0.3 is 0 Å². The van der Waals surface area contributed by atoms with E-state index in [4.69, 9.17) is 15.2 Å². The maximum Gasteiger partial charge on any atom is 0.257 e. The summed E-state index contributed by atoms with van der Waals surface area (Å²) < 4.78 is 10.9. The van der Waals surface area contributed by atoms with Gasteiger partial charge in [0.15, 0.2) is 5.96 Å². The molecule has 1 unspecified atom stereocenters. The van der Waals surface area contributed by atoms with Crippen molar-refractivity contribution < 1.29 is 14.3 Å². The molecule has 1 atom stereocenters. The number of methoxy groups -OCH3 is 2. The number of hydrogen-bond acceptors (Lipinski definition) is 5. The zero-order chi connectivity index (χ0) is 21.2. The molecule has 29 heavy (non-hydrogen) atoms. The lowest BCUT2D eigenvalue weighted by Gasteiger charge is -2.23. The van der Waals surface area contributed by atoms with Gasteiger partial charge in [-0.25, -0.2) is 4.99 Å². The Kier molecular flexibility index (Phi) is 5.82. The lowest BCUT2D eigenvalue weighted by Crippen LogP contribution is -2.43. The summed E-state index contributed by atoms with van der Waals surface area (Å²) in [5.41, 5.74) is 8.20. The van der Waals surface area contributed by atoms with Crippen LogP contribution in [0.1, 0.15) is 32.8 Å². The molecular weight excluding hydrogens is 366 g/mol. The quantitative estimate of drug-likeness (QED) is 0.773. The fraction of sp³-hybridized carbons (Fsp3) is 0.391. The van der Waals surface area contributed by atoms with Gasteiger partial charge in [0.25, 0.3) is 5.91 Å². The minimum absolute atomic E-state index is 0.0481. The number of guanidine groups is 1. The third-order valence-corrected chi connectivity index (χ3v) is 5.13. The van der Waals surface area contributed by atoms with Crippen LogP contribution in [0.15, 0.2) is 47.5 Å². The van der Waals surface area contributed by atoms with E-state index in [1.54, 1.807) is 19.1 Å². The highest BCUT2D eigenvalue weighted by Gasteiger charge is 2.44. The van der Waals surface area contributed by atoms with Crippen LogP contribution < -0.4 is 15.2 Å². The summed E-state index contributed by atoms with van der Waals surface area (Å²) in [4.78, 5) is 19.1. The van der Waals surface area contributed by atoms with E-state index in [0.717, 1.165) is 28.2 Å². The van der Waals surface area contributed by atoms with Crippen molar-refractivity contribution in [1.29, 1.82) is 0 Å². The van der Waals surface area contributed by atoms with Gasteiger partial charge in [-0.2, -0.15) is 0 Å². The highest BCUT2D eigenvalue weighted by molar-refractivity contribution is 6.06. The average molecular weight is 396 g/mol. The number of carbonyl (C=O) groups excluding carboxylic acids is 1. The van der Waals surface area contributed by atoms with Crippen molar-refractivity contribution >= 4 is 11.9 Å². The second-order valence-corrected chi connectivity index (χ2v) is 8.00. The first kappa shape index (κ1) is 20.7. The highest BCUT2D eigenvalue weighted by Crippen LogP contribution is 2.34. The second-order valence-electron chi connectivity index (χ2n) is 8.00. The Labute approximate surface area is 172 Å². The number of carbonyl (C=O) groups is 1. The van der Waals surface area contributed by atoms with E-state index in [2.05, 4.69) is 18.8 Å². The summed E-state index contributed by atoms with van der Waals surface area (Å²) in [6.45, 7) is 6.40. The smallest absolute Gasteiger partial charge is 0.257 e. The Bertz CT molecular complexity index is 939. The summed E-state index contributed by atoms with van der Waals surface area (Å²) in [7, 11) is 3.28. The summed E-state index contributed by atoms with van der Waals surface area (Å²) in [5, 5.41) is 0. The van der Waals surface area contributed by atoms with Crippen LogP contribution in [0.5, 0.6) is 11.5 Å². The molecule has 0 radical (unpaired) electrons. The molecule has 1 heterocycles. The molecule has 0 fully saturated rings. The Morgan fingerprint density at radius 1 is 1.14 bits per heavy atom.